The lowest BCUT2D eigenvalue weighted by molar-refractivity contribution is -0.121. The van der Waals surface area contributed by atoms with Crippen LogP contribution in [0.25, 0.3) is 0 Å². The first kappa shape index (κ1) is 10.8. The third kappa shape index (κ3) is 2.06. The third-order valence-corrected chi connectivity index (χ3v) is 4.19. The summed E-state index contributed by atoms with van der Waals surface area (Å²) in [6, 6.07) is 5.97. The van der Waals surface area contributed by atoms with Crippen molar-refractivity contribution in [3.05, 3.63) is 30.1 Å². The van der Waals surface area contributed by atoms with Gasteiger partial charge in [0.2, 0.25) is 5.91 Å². The highest BCUT2D eigenvalue weighted by molar-refractivity contribution is 5.93. The van der Waals surface area contributed by atoms with E-state index in [0.717, 1.165) is 12.3 Å². The molecule has 0 heterocycles. The molecule has 0 aromatic heterocycles. The standard InChI is InChI=1S/C14H16FNO/c15-11-3-5-12(6-4-11)16-14(17)13-8-9-1-2-10(13)7-9/h3-6,9-10,13H,1-2,7-8H2,(H,16,17)/t9-,10+,13-/m0/s1. The number of halogens is 1. The van der Waals surface area contributed by atoms with Gasteiger partial charge in [0.25, 0.3) is 0 Å². The van der Waals surface area contributed by atoms with Crippen molar-refractivity contribution in [3.63, 3.8) is 0 Å². The van der Waals surface area contributed by atoms with Crippen LogP contribution < -0.4 is 5.32 Å². The van der Waals surface area contributed by atoms with Crippen LogP contribution >= 0.6 is 0 Å². The molecule has 2 bridgehead atoms. The van der Waals surface area contributed by atoms with Crippen LogP contribution in [0.5, 0.6) is 0 Å². The Morgan fingerprint density at radius 1 is 1.18 bits per heavy atom. The number of carbonyl (C=O) groups is 1. The van der Waals surface area contributed by atoms with Gasteiger partial charge in [-0.1, -0.05) is 6.42 Å². The van der Waals surface area contributed by atoms with Crippen molar-refractivity contribution in [2.45, 2.75) is 25.7 Å². The van der Waals surface area contributed by atoms with Crippen LogP contribution in [0.2, 0.25) is 0 Å². The summed E-state index contributed by atoms with van der Waals surface area (Å²) in [6.45, 7) is 0. The number of nitrogens with one attached hydrogen (secondary N) is 1. The zero-order chi connectivity index (χ0) is 11.8. The highest BCUT2D eigenvalue weighted by atomic mass is 19.1. The summed E-state index contributed by atoms with van der Waals surface area (Å²) in [5, 5.41) is 2.89. The van der Waals surface area contributed by atoms with Crippen molar-refractivity contribution >= 4 is 11.6 Å². The molecule has 0 aliphatic heterocycles. The monoisotopic (exact) mass is 233 g/mol. The maximum absolute atomic E-state index is 12.7. The van der Waals surface area contributed by atoms with Gasteiger partial charge in [-0.05, 0) is 55.4 Å². The minimum absolute atomic E-state index is 0.115. The van der Waals surface area contributed by atoms with Crippen LogP contribution in [0, 0.1) is 23.6 Å². The Hall–Kier alpha value is -1.38. The lowest BCUT2D eigenvalue weighted by Crippen LogP contribution is -2.27. The van der Waals surface area contributed by atoms with Gasteiger partial charge in [-0.2, -0.15) is 0 Å². The first-order valence-electron chi connectivity index (χ1n) is 6.29. The minimum Gasteiger partial charge on any atom is -0.326 e. The molecule has 0 radical (unpaired) electrons. The van der Waals surface area contributed by atoms with Gasteiger partial charge in [-0.25, -0.2) is 4.39 Å². The summed E-state index contributed by atoms with van der Waals surface area (Å²) >= 11 is 0. The predicted octanol–water partition coefficient (Wildman–Crippen LogP) is 3.20. The van der Waals surface area contributed by atoms with E-state index in [1.807, 2.05) is 0 Å². The molecular weight excluding hydrogens is 217 g/mol. The number of hydrogen-bond acceptors (Lipinski definition) is 1. The van der Waals surface area contributed by atoms with E-state index in [0.29, 0.717) is 11.6 Å². The second-order valence-electron chi connectivity index (χ2n) is 5.28. The second kappa shape index (κ2) is 4.13. The fourth-order valence-electron chi connectivity index (χ4n) is 3.33. The summed E-state index contributed by atoms with van der Waals surface area (Å²) < 4.78 is 12.7. The minimum atomic E-state index is -0.275. The summed E-state index contributed by atoms with van der Waals surface area (Å²) in [5.41, 5.74) is 0.694. The van der Waals surface area contributed by atoms with Gasteiger partial charge in [0.05, 0.1) is 0 Å². The average molecular weight is 233 g/mol. The molecule has 1 amide bonds. The molecule has 2 aliphatic rings. The molecule has 90 valence electrons. The molecule has 1 N–H and O–H groups in total. The Labute approximate surface area is 100 Å². The SMILES string of the molecule is O=C(Nc1ccc(F)cc1)[C@H]1C[C@H]2CC[C@@H]1C2. The van der Waals surface area contributed by atoms with Gasteiger partial charge >= 0.3 is 0 Å². The van der Waals surface area contributed by atoms with E-state index in [1.54, 1.807) is 12.1 Å². The molecule has 3 atom stereocenters. The highest BCUT2D eigenvalue weighted by Gasteiger charge is 2.42. The molecule has 2 saturated carbocycles. The van der Waals surface area contributed by atoms with Gasteiger partial charge in [-0.15, -0.1) is 0 Å². The summed E-state index contributed by atoms with van der Waals surface area (Å²) in [7, 11) is 0. The largest absolute Gasteiger partial charge is 0.326 e. The molecule has 1 aromatic carbocycles. The zero-order valence-corrected chi connectivity index (χ0v) is 9.66. The highest BCUT2D eigenvalue weighted by Crippen LogP contribution is 2.48. The lowest BCUT2D eigenvalue weighted by Gasteiger charge is -2.20. The van der Waals surface area contributed by atoms with Gasteiger partial charge < -0.3 is 5.32 Å². The van der Waals surface area contributed by atoms with Gasteiger partial charge in [0, 0.05) is 11.6 Å². The van der Waals surface area contributed by atoms with E-state index < -0.39 is 0 Å². The summed E-state index contributed by atoms with van der Waals surface area (Å²) in [6.07, 6.45) is 4.76. The molecule has 1 aromatic rings. The maximum Gasteiger partial charge on any atom is 0.227 e. The van der Waals surface area contributed by atoms with E-state index in [-0.39, 0.29) is 17.6 Å². The average Bonchev–Trinajstić information content (AvgIpc) is 2.94. The zero-order valence-electron chi connectivity index (χ0n) is 9.66. The number of hydrogen-bond donors (Lipinski definition) is 1. The van der Waals surface area contributed by atoms with Crippen LogP contribution in [-0.2, 0) is 4.79 Å². The summed E-state index contributed by atoms with van der Waals surface area (Å²) in [4.78, 5) is 12.1. The molecule has 2 nitrogen and oxygen atoms in total. The van der Waals surface area contributed by atoms with Crippen LogP contribution in [-0.4, -0.2) is 5.91 Å². The third-order valence-electron chi connectivity index (χ3n) is 4.19. The van der Waals surface area contributed by atoms with Gasteiger partial charge in [-0.3, -0.25) is 4.79 Å². The van der Waals surface area contributed by atoms with Crippen LogP contribution in [0.3, 0.4) is 0 Å². The summed E-state index contributed by atoms with van der Waals surface area (Å²) in [5.74, 6) is 1.37. The van der Waals surface area contributed by atoms with E-state index >= 15 is 0 Å². The quantitative estimate of drug-likeness (QED) is 0.835. The Morgan fingerprint density at radius 3 is 2.53 bits per heavy atom. The number of benzene rings is 1. The topological polar surface area (TPSA) is 29.1 Å². The first-order valence-corrected chi connectivity index (χ1v) is 6.29. The second-order valence-corrected chi connectivity index (χ2v) is 5.28. The molecule has 0 saturated heterocycles. The Morgan fingerprint density at radius 2 is 1.94 bits per heavy atom. The lowest BCUT2D eigenvalue weighted by atomic mass is 9.88. The van der Waals surface area contributed by atoms with Crippen molar-refractivity contribution in [2.24, 2.45) is 17.8 Å². The maximum atomic E-state index is 12.7. The van der Waals surface area contributed by atoms with Crippen molar-refractivity contribution in [1.29, 1.82) is 0 Å². The molecule has 3 rings (SSSR count). The molecule has 0 spiro atoms. The van der Waals surface area contributed by atoms with Crippen molar-refractivity contribution < 1.29 is 9.18 Å². The smallest absolute Gasteiger partial charge is 0.227 e. The molecule has 17 heavy (non-hydrogen) atoms. The molecule has 3 heteroatoms. The first-order chi connectivity index (χ1) is 8.22. The van der Waals surface area contributed by atoms with Crippen LogP contribution in [0.1, 0.15) is 25.7 Å². The van der Waals surface area contributed by atoms with Crippen molar-refractivity contribution in [3.8, 4) is 0 Å². The van der Waals surface area contributed by atoms with E-state index in [9.17, 15) is 9.18 Å². The number of amides is 1. The van der Waals surface area contributed by atoms with Crippen LogP contribution in [0.15, 0.2) is 24.3 Å². The molecular formula is C14H16FNO. The normalized spacial score (nSPS) is 30.5. The molecule has 2 aliphatic carbocycles. The van der Waals surface area contributed by atoms with Crippen molar-refractivity contribution in [1.82, 2.24) is 0 Å². The van der Waals surface area contributed by atoms with Gasteiger partial charge in [0.15, 0.2) is 0 Å². The van der Waals surface area contributed by atoms with Crippen LogP contribution in [0.4, 0.5) is 10.1 Å². The van der Waals surface area contributed by atoms with E-state index in [2.05, 4.69) is 5.32 Å². The Balaban J connectivity index is 1.65. The van der Waals surface area contributed by atoms with Gasteiger partial charge in [0.1, 0.15) is 5.82 Å². The van der Waals surface area contributed by atoms with Crippen molar-refractivity contribution in [2.75, 3.05) is 5.32 Å². The van der Waals surface area contributed by atoms with E-state index in [1.165, 1.54) is 31.4 Å². The number of rotatable bonds is 2. The predicted molar refractivity (Wildman–Crippen MR) is 64.0 cm³/mol. The number of anilines is 1. The van der Waals surface area contributed by atoms with E-state index in [4.69, 9.17) is 0 Å². The fraction of sp³-hybridized carbons (Fsp3) is 0.500. The number of fused-ring (bicyclic) bond motifs is 2. The molecule has 2 fully saturated rings. The Kier molecular flexibility index (Phi) is 2.61. The number of carbonyl (C=O) groups excluding carboxylic acids is 1. The fourth-order valence-corrected chi connectivity index (χ4v) is 3.33. The Bertz CT molecular complexity index is 428. The molecule has 0 unspecified atom stereocenters.